The van der Waals surface area contributed by atoms with Crippen LogP contribution in [-0.4, -0.2) is 17.4 Å². The van der Waals surface area contributed by atoms with Crippen molar-refractivity contribution in [1.29, 1.82) is 0 Å². The highest BCUT2D eigenvalue weighted by molar-refractivity contribution is 6.31. The van der Waals surface area contributed by atoms with E-state index in [1.54, 1.807) is 11.0 Å². The van der Waals surface area contributed by atoms with Gasteiger partial charge >= 0.3 is 0 Å². The second-order valence-corrected chi connectivity index (χ2v) is 5.14. The molecule has 6 heteroatoms. The number of nitro benzene ring substituents is 1. The van der Waals surface area contributed by atoms with E-state index in [1.165, 1.54) is 6.07 Å². The summed E-state index contributed by atoms with van der Waals surface area (Å²) in [5, 5.41) is 11.4. The highest BCUT2D eigenvalue weighted by Gasteiger charge is 2.39. The van der Waals surface area contributed by atoms with Crippen LogP contribution in [-0.2, 0) is 11.2 Å². The number of carbonyl (C=O) groups is 1. The fourth-order valence-electron chi connectivity index (χ4n) is 2.40. The predicted molar refractivity (Wildman–Crippen MR) is 66.9 cm³/mol. The summed E-state index contributed by atoms with van der Waals surface area (Å²) in [6.45, 7) is 0.520. The van der Waals surface area contributed by atoms with Gasteiger partial charge in [0.25, 0.3) is 5.69 Å². The summed E-state index contributed by atoms with van der Waals surface area (Å²) in [6, 6.07) is 3.03. The van der Waals surface area contributed by atoms with Crippen LogP contribution in [0.25, 0.3) is 0 Å². The number of amides is 1. The van der Waals surface area contributed by atoms with Crippen LogP contribution in [0.15, 0.2) is 12.1 Å². The van der Waals surface area contributed by atoms with Gasteiger partial charge in [-0.05, 0) is 30.9 Å². The Labute approximate surface area is 108 Å². The standard InChI is InChI=1S/C12H11ClN2O3/c13-9-5-8-3-4-14(12(16)7-1-2-7)11(8)10(6-9)15(17)18/h5-7H,1-4H2. The molecule has 3 rings (SSSR count). The molecule has 1 heterocycles. The molecular weight excluding hydrogens is 256 g/mol. The van der Waals surface area contributed by atoms with E-state index in [0.29, 0.717) is 23.7 Å². The van der Waals surface area contributed by atoms with Crippen molar-refractivity contribution >= 4 is 28.9 Å². The third kappa shape index (κ3) is 1.75. The molecule has 1 amide bonds. The van der Waals surface area contributed by atoms with Crippen molar-refractivity contribution in [3.05, 3.63) is 32.8 Å². The minimum atomic E-state index is -0.469. The Bertz CT molecular complexity index is 554. The topological polar surface area (TPSA) is 63.5 Å². The monoisotopic (exact) mass is 266 g/mol. The summed E-state index contributed by atoms with van der Waals surface area (Å²) in [4.78, 5) is 24.3. The minimum Gasteiger partial charge on any atom is -0.306 e. The molecule has 0 radical (unpaired) electrons. The molecule has 0 aromatic heterocycles. The molecule has 18 heavy (non-hydrogen) atoms. The third-order valence-corrected chi connectivity index (χ3v) is 3.62. The molecule has 1 aromatic carbocycles. The van der Waals surface area contributed by atoms with E-state index in [2.05, 4.69) is 0 Å². The van der Waals surface area contributed by atoms with Gasteiger partial charge in [-0.3, -0.25) is 14.9 Å². The third-order valence-electron chi connectivity index (χ3n) is 3.40. The number of benzene rings is 1. The molecule has 1 fully saturated rings. The molecular formula is C12H11ClN2O3. The van der Waals surface area contributed by atoms with Gasteiger partial charge in [-0.1, -0.05) is 11.6 Å². The molecule has 94 valence electrons. The zero-order valence-corrected chi connectivity index (χ0v) is 10.3. The molecule has 0 N–H and O–H groups in total. The Balaban J connectivity index is 2.08. The molecule has 0 atom stereocenters. The minimum absolute atomic E-state index is 0.0131. The van der Waals surface area contributed by atoms with Crippen LogP contribution in [0.3, 0.4) is 0 Å². The highest BCUT2D eigenvalue weighted by Crippen LogP contribution is 2.42. The van der Waals surface area contributed by atoms with E-state index in [4.69, 9.17) is 11.6 Å². The van der Waals surface area contributed by atoms with E-state index in [-0.39, 0.29) is 17.5 Å². The first-order chi connectivity index (χ1) is 8.58. The van der Waals surface area contributed by atoms with Gasteiger partial charge in [0.2, 0.25) is 5.91 Å². The van der Waals surface area contributed by atoms with Gasteiger partial charge in [-0.2, -0.15) is 0 Å². The van der Waals surface area contributed by atoms with E-state index in [1.807, 2.05) is 0 Å². The zero-order chi connectivity index (χ0) is 12.9. The summed E-state index contributed by atoms with van der Waals surface area (Å²) in [6.07, 6.45) is 2.42. The maximum Gasteiger partial charge on any atom is 0.294 e. The van der Waals surface area contributed by atoms with Gasteiger partial charge in [0, 0.05) is 23.6 Å². The van der Waals surface area contributed by atoms with Crippen LogP contribution >= 0.6 is 11.6 Å². The number of anilines is 1. The number of carbonyl (C=O) groups excluding carboxylic acids is 1. The highest BCUT2D eigenvalue weighted by atomic mass is 35.5. The van der Waals surface area contributed by atoms with Crippen LogP contribution in [0.1, 0.15) is 18.4 Å². The molecule has 0 saturated heterocycles. The molecule has 5 nitrogen and oxygen atoms in total. The average Bonchev–Trinajstić information content (AvgIpc) is 3.08. The van der Waals surface area contributed by atoms with Crippen molar-refractivity contribution in [2.45, 2.75) is 19.3 Å². The fourth-order valence-corrected chi connectivity index (χ4v) is 2.63. The van der Waals surface area contributed by atoms with Crippen LogP contribution in [0, 0.1) is 16.0 Å². The average molecular weight is 267 g/mol. The van der Waals surface area contributed by atoms with Gasteiger partial charge in [0.1, 0.15) is 5.69 Å². The number of halogens is 1. The van der Waals surface area contributed by atoms with Crippen molar-refractivity contribution in [2.24, 2.45) is 5.92 Å². The molecule has 0 bridgehead atoms. The molecule has 1 aromatic rings. The van der Waals surface area contributed by atoms with Gasteiger partial charge < -0.3 is 4.90 Å². The molecule has 0 spiro atoms. The first-order valence-corrected chi connectivity index (χ1v) is 6.24. The van der Waals surface area contributed by atoms with E-state index < -0.39 is 4.92 Å². The Morgan fingerprint density at radius 3 is 2.78 bits per heavy atom. The van der Waals surface area contributed by atoms with Crippen LogP contribution < -0.4 is 4.90 Å². The SMILES string of the molecule is O=C(C1CC1)N1CCc2cc(Cl)cc([N+](=O)[O-])c21. The van der Waals surface area contributed by atoms with Gasteiger partial charge in [-0.25, -0.2) is 0 Å². The van der Waals surface area contributed by atoms with Crippen LogP contribution in [0.5, 0.6) is 0 Å². The first kappa shape index (κ1) is 11.5. The summed E-state index contributed by atoms with van der Waals surface area (Å²) in [5.41, 5.74) is 1.17. The van der Waals surface area contributed by atoms with Crippen molar-refractivity contribution in [1.82, 2.24) is 0 Å². The Morgan fingerprint density at radius 1 is 1.44 bits per heavy atom. The maximum atomic E-state index is 12.1. The maximum absolute atomic E-state index is 12.1. The lowest BCUT2D eigenvalue weighted by Crippen LogP contribution is -2.30. The number of nitro groups is 1. The normalized spacial score (nSPS) is 17.7. The van der Waals surface area contributed by atoms with Gasteiger partial charge in [0.15, 0.2) is 0 Å². The van der Waals surface area contributed by atoms with Gasteiger partial charge in [0.05, 0.1) is 4.92 Å². The molecule has 1 aliphatic heterocycles. The lowest BCUT2D eigenvalue weighted by Gasteiger charge is -2.16. The number of nitrogens with zero attached hydrogens (tertiary/aromatic N) is 2. The summed E-state index contributed by atoms with van der Waals surface area (Å²) in [7, 11) is 0. The quantitative estimate of drug-likeness (QED) is 0.610. The Hall–Kier alpha value is -1.62. The number of rotatable bonds is 2. The zero-order valence-electron chi connectivity index (χ0n) is 9.56. The van der Waals surface area contributed by atoms with Gasteiger partial charge in [-0.15, -0.1) is 0 Å². The van der Waals surface area contributed by atoms with Crippen LogP contribution in [0.4, 0.5) is 11.4 Å². The van der Waals surface area contributed by atoms with Crippen molar-refractivity contribution in [2.75, 3.05) is 11.4 Å². The predicted octanol–water partition coefficient (Wildman–Crippen LogP) is 2.55. The smallest absolute Gasteiger partial charge is 0.294 e. The Kier molecular flexibility index (Phi) is 2.52. The number of hydrogen-bond acceptors (Lipinski definition) is 3. The molecule has 2 aliphatic rings. The lowest BCUT2D eigenvalue weighted by molar-refractivity contribution is -0.384. The second-order valence-electron chi connectivity index (χ2n) is 4.70. The van der Waals surface area contributed by atoms with Crippen molar-refractivity contribution in [3.63, 3.8) is 0 Å². The molecule has 1 saturated carbocycles. The van der Waals surface area contributed by atoms with Crippen molar-refractivity contribution < 1.29 is 9.72 Å². The summed E-state index contributed by atoms with van der Waals surface area (Å²) < 4.78 is 0. The number of hydrogen-bond donors (Lipinski definition) is 0. The Morgan fingerprint density at radius 2 is 2.17 bits per heavy atom. The van der Waals surface area contributed by atoms with E-state index in [9.17, 15) is 14.9 Å². The molecule has 1 aliphatic carbocycles. The number of fused-ring (bicyclic) bond motifs is 1. The fraction of sp³-hybridized carbons (Fsp3) is 0.417. The summed E-state index contributed by atoms with van der Waals surface area (Å²) >= 11 is 5.87. The van der Waals surface area contributed by atoms with Crippen LogP contribution in [0.2, 0.25) is 5.02 Å². The molecule has 0 unspecified atom stereocenters. The summed E-state index contributed by atoms with van der Waals surface area (Å²) in [5.74, 6) is 0.0744. The van der Waals surface area contributed by atoms with E-state index >= 15 is 0 Å². The second kappa shape index (κ2) is 3.95. The van der Waals surface area contributed by atoms with Crippen molar-refractivity contribution in [3.8, 4) is 0 Å². The first-order valence-electron chi connectivity index (χ1n) is 5.86. The lowest BCUT2D eigenvalue weighted by atomic mass is 10.1. The van der Waals surface area contributed by atoms with E-state index in [0.717, 1.165) is 18.4 Å². The largest absolute Gasteiger partial charge is 0.306 e.